The number of hydrogen-bond donors (Lipinski definition) is 0. The van der Waals surface area contributed by atoms with Gasteiger partial charge in [-0.25, -0.2) is 0 Å². The molecule has 0 bridgehead atoms. The monoisotopic (exact) mass is 284 g/mol. The SMILES string of the molecule is CC(C)(CBr)CC1CSc2ccccc21. The largest absolute Gasteiger partial charge is 0.125 e. The van der Waals surface area contributed by atoms with E-state index >= 15 is 0 Å². The van der Waals surface area contributed by atoms with Crippen LogP contribution in [0.3, 0.4) is 0 Å². The normalized spacial score (nSPS) is 20.3. The van der Waals surface area contributed by atoms with Gasteiger partial charge in [0.2, 0.25) is 0 Å². The number of thioether (sulfide) groups is 1. The summed E-state index contributed by atoms with van der Waals surface area (Å²) in [6.45, 7) is 4.68. The molecule has 1 heterocycles. The molecule has 82 valence electrons. The Balaban J connectivity index is 2.14. The van der Waals surface area contributed by atoms with Crippen LogP contribution < -0.4 is 0 Å². The fraction of sp³-hybridized carbons (Fsp3) is 0.538. The maximum Gasteiger partial charge on any atom is 0.0107 e. The fourth-order valence-corrected chi connectivity index (χ4v) is 3.60. The summed E-state index contributed by atoms with van der Waals surface area (Å²) in [5.41, 5.74) is 1.97. The number of hydrogen-bond acceptors (Lipinski definition) is 1. The summed E-state index contributed by atoms with van der Waals surface area (Å²) in [4.78, 5) is 1.49. The van der Waals surface area contributed by atoms with Crippen molar-refractivity contribution < 1.29 is 0 Å². The molecule has 2 heteroatoms. The van der Waals surface area contributed by atoms with E-state index in [0.717, 1.165) is 11.2 Å². The van der Waals surface area contributed by atoms with Crippen molar-refractivity contribution in [3.8, 4) is 0 Å². The van der Waals surface area contributed by atoms with Gasteiger partial charge in [-0.05, 0) is 29.4 Å². The van der Waals surface area contributed by atoms with Crippen LogP contribution in [0.4, 0.5) is 0 Å². The van der Waals surface area contributed by atoms with Crippen LogP contribution in [-0.2, 0) is 0 Å². The number of alkyl halides is 1. The Kier molecular flexibility index (Phi) is 3.46. The number of halogens is 1. The van der Waals surface area contributed by atoms with E-state index in [-0.39, 0.29) is 0 Å². The van der Waals surface area contributed by atoms with Crippen molar-refractivity contribution in [3.63, 3.8) is 0 Å². The predicted molar refractivity (Wildman–Crippen MR) is 72.1 cm³/mol. The Bertz CT molecular complexity index is 346. The molecule has 0 aromatic heterocycles. The van der Waals surface area contributed by atoms with Gasteiger partial charge < -0.3 is 0 Å². The van der Waals surface area contributed by atoms with Gasteiger partial charge in [-0.2, -0.15) is 0 Å². The summed E-state index contributed by atoms with van der Waals surface area (Å²) >= 11 is 5.62. The van der Waals surface area contributed by atoms with Gasteiger partial charge in [0.25, 0.3) is 0 Å². The van der Waals surface area contributed by atoms with Gasteiger partial charge in [-0.15, -0.1) is 11.8 Å². The third kappa shape index (κ3) is 2.59. The second kappa shape index (κ2) is 4.50. The molecule has 0 fully saturated rings. The molecule has 15 heavy (non-hydrogen) atoms. The van der Waals surface area contributed by atoms with Crippen molar-refractivity contribution in [3.05, 3.63) is 29.8 Å². The Morgan fingerprint density at radius 2 is 2.13 bits per heavy atom. The van der Waals surface area contributed by atoms with Gasteiger partial charge in [-0.1, -0.05) is 48.0 Å². The second-order valence-corrected chi connectivity index (χ2v) is 6.67. The Hall–Kier alpha value is 0.0500. The molecule has 0 aliphatic carbocycles. The molecule has 0 saturated carbocycles. The van der Waals surface area contributed by atoms with Gasteiger partial charge in [0, 0.05) is 16.0 Å². The molecule has 0 saturated heterocycles. The molecule has 1 atom stereocenters. The summed E-state index contributed by atoms with van der Waals surface area (Å²) in [6.07, 6.45) is 1.28. The van der Waals surface area contributed by atoms with Gasteiger partial charge in [0.05, 0.1) is 0 Å². The summed E-state index contributed by atoms with van der Waals surface area (Å²) in [5.74, 6) is 2.01. The van der Waals surface area contributed by atoms with E-state index in [1.165, 1.54) is 17.1 Å². The minimum atomic E-state index is 0.405. The summed E-state index contributed by atoms with van der Waals surface area (Å²) in [6, 6.07) is 8.86. The van der Waals surface area contributed by atoms with Crippen molar-refractivity contribution in [2.24, 2.45) is 5.41 Å². The molecule has 0 spiro atoms. The molecule has 0 N–H and O–H groups in total. The Morgan fingerprint density at radius 1 is 1.40 bits per heavy atom. The van der Waals surface area contributed by atoms with Crippen LogP contribution in [0.1, 0.15) is 31.7 Å². The molecule has 0 amide bonds. The zero-order valence-corrected chi connectivity index (χ0v) is 11.7. The predicted octanol–water partition coefficient (Wildman–Crippen LogP) is 4.69. The van der Waals surface area contributed by atoms with Crippen LogP contribution in [0.5, 0.6) is 0 Å². The minimum Gasteiger partial charge on any atom is -0.125 e. The lowest BCUT2D eigenvalue weighted by Gasteiger charge is -2.25. The quantitative estimate of drug-likeness (QED) is 0.726. The van der Waals surface area contributed by atoms with Crippen LogP contribution in [0, 0.1) is 5.41 Å². The van der Waals surface area contributed by atoms with Crippen LogP contribution in [-0.4, -0.2) is 11.1 Å². The van der Waals surface area contributed by atoms with Crippen LogP contribution in [0.15, 0.2) is 29.2 Å². The van der Waals surface area contributed by atoms with E-state index < -0.39 is 0 Å². The molecule has 2 rings (SSSR count). The molecule has 1 unspecified atom stereocenters. The average Bonchev–Trinajstić information content (AvgIpc) is 2.62. The van der Waals surface area contributed by atoms with Crippen molar-refractivity contribution in [2.45, 2.75) is 31.1 Å². The maximum atomic E-state index is 3.61. The van der Waals surface area contributed by atoms with Crippen molar-refractivity contribution in [1.82, 2.24) is 0 Å². The lowest BCUT2D eigenvalue weighted by Crippen LogP contribution is -2.17. The molecular formula is C13H17BrS. The number of fused-ring (bicyclic) bond motifs is 1. The number of benzene rings is 1. The summed E-state index contributed by atoms with van der Waals surface area (Å²) in [7, 11) is 0. The highest BCUT2D eigenvalue weighted by molar-refractivity contribution is 9.09. The lowest BCUT2D eigenvalue weighted by atomic mass is 9.82. The van der Waals surface area contributed by atoms with Gasteiger partial charge in [-0.3, -0.25) is 0 Å². The first-order chi connectivity index (χ1) is 7.12. The first-order valence-corrected chi connectivity index (χ1v) is 7.51. The zero-order chi connectivity index (χ0) is 10.9. The zero-order valence-electron chi connectivity index (χ0n) is 9.29. The summed E-state index contributed by atoms with van der Waals surface area (Å²) < 4.78 is 0. The first-order valence-electron chi connectivity index (χ1n) is 5.40. The smallest absolute Gasteiger partial charge is 0.0107 e. The molecule has 1 aliphatic heterocycles. The highest BCUT2D eigenvalue weighted by atomic mass is 79.9. The van der Waals surface area contributed by atoms with Gasteiger partial charge in [0.1, 0.15) is 0 Å². The standard InChI is InChI=1S/C13H17BrS/c1-13(2,9-14)7-10-8-15-12-6-4-3-5-11(10)12/h3-6,10H,7-9H2,1-2H3. The lowest BCUT2D eigenvalue weighted by molar-refractivity contribution is 0.362. The summed E-state index contributed by atoms with van der Waals surface area (Å²) in [5, 5.41) is 1.09. The highest BCUT2D eigenvalue weighted by Gasteiger charge is 2.28. The van der Waals surface area contributed by atoms with Gasteiger partial charge >= 0.3 is 0 Å². The van der Waals surface area contributed by atoms with Crippen molar-refractivity contribution in [1.29, 1.82) is 0 Å². The van der Waals surface area contributed by atoms with Crippen LogP contribution >= 0.6 is 27.7 Å². The van der Waals surface area contributed by atoms with E-state index in [1.54, 1.807) is 5.56 Å². The third-order valence-electron chi connectivity index (χ3n) is 2.96. The van der Waals surface area contributed by atoms with E-state index in [0.29, 0.717) is 5.41 Å². The topological polar surface area (TPSA) is 0 Å². The third-order valence-corrected chi connectivity index (χ3v) is 5.73. The minimum absolute atomic E-state index is 0.405. The molecule has 0 nitrogen and oxygen atoms in total. The average molecular weight is 285 g/mol. The van der Waals surface area contributed by atoms with E-state index in [1.807, 2.05) is 11.8 Å². The van der Waals surface area contributed by atoms with Crippen molar-refractivity contribution >= 4 is 27.7 Å². The fourth-order valence-electron chi connectivity index (χ4n) is 2.12. The van der Waals surface area contributed by atoms with Crippen LogP contribution in [0.2, 0.25) is 0 Å². The Labute approximate surface area is 105 Å². The molecule has 1 aromatic carbocycles. The van der Waals surface area contributed by atoms with Gasteiger partial charge in [0.15, 0.2) is 0 Å². The molecule has 0 radical (unpaired) electrons. The maximum absolute atomic E-state index is 3.61. The molecular weight excluding hydrogens is 268 g/mol. The van der Waals surface area contributed by atoms with Crippen molar-refractivity contribution in [2.75, 3.05) is 11.1 Å². The van der Waals surface area contributed by atoms with E-state index in [2.05, 4.69) is 54.0 Å². The second-order valence-electron chi connectivity index (χ2n) is 5.05. The molecule has 1 aliphatic rings. The number of rotatable bonds is 3. The van der Waals surface area contributed by atoms with Crippen LogP contribution in [0.25, 0.3) is 0 Å². The molecule has 1 aromatic rings. The van der Waals surface area contributed by atoms with E-state index in [4.69, 9.17) is 0 Å². The highest BCUT2D eigenvalue weighted by Crippen LogP contribution is 2.44. The Morgan fingerprint density at radius 3 is 2.87 bits per heavy atom. The van der Waals surface area contributed by atoms with E-state index in [9.17, 15) is 0 Å². The first kappa shape index (κ1) is 11.5.